The van der Waals surface area contributed by atoms with Gasteiger partial charge in [-0.2, -0.15) is 0 Å². The molecule has 0 radical (unpaired) electrons. The molecule has 0 aromatic heterocycles. The first-order valence-electron chi connectivity index (χ1n) is 11.6. The highest BCUT2D eigenvalue weighted by molar-refractivity contribution is 5.68. The summed E-state index contributed by atoms with van der Waals surface area (Å²) in [6, 6.07) is 0. The van der Waals surface area contributed by atoms with Crippen LogP contribution in [0.1, 0.15) is 78.1 Å². The molecule has 5 atom stereocenters. The van der Waals surface area contributed by atoms with Crippen LogP contribution < -0.4 is 0 Å². The van der Waals surface area contributed by atoms with Gasteiger partial charge in [0.25, 0.3) is 0 Å². The molecular weight excluding hydrogens is 388 g/mol. The van der Waals surface area contributed by atoms with Crippen molar-refractivity contribution in [2.45, 2.75) is 102 Å². The number of carbonyl (C=O) groups is 1. The fraction of sp³-hybridized carbons (Fsp3) is 0.957. The minimum Gasteiger partial charge on any atom is -0.469 e. The van der Waals surface area contributed by atoms with E-state index in [0.717, 1.165) is 58.0 Å². The van der Waals surface area contributed by atoms with Gasteiger partial charge in [-0.25, -0.2) is 0 Å². The molecule has 1 saturated carbocycles. The van der Waals surface area contributed by atoms with Gasteiger partial charge in [0.15, 0.2) is 12.1 Å². The van der Waals surface area contributed by atoms with Crippen molar-refractivity contribution in [1.29, 1.82) is 0 Å². The third-order valence-electron chi connectivity index (χ3n) is 6.47. The van der Waals surface area contributed by atoms with Crippen molar-refractivity contribution in [3.8, 4) is 0 Å². The molecule has 2 rings (SSSR count). The van der Waals surface area contributed by atoms with E-state index in [1.807, 2.05) is 13.8 Å². The van der Waals surface area contributed by atoms with Crippen LogP contribution >= 0.6 is 0 Å². The van der Waals surface area contributed by atoms with Gasteiger partial charge in [0.05, 0.1) is 25.9 Å². The molecule has 7 heteroatoms. The zero-order chi connectivity index (χ0) is 22.0. The Morgan fingerprint density at radius 2 is 1.87 bits per heavy atom. The Hall–Kier alpha value is -0.730. The Morgan fingerprint density at radius 1 is 1.10 bits per heavy atom. The fourth-order valence-corrected chi connectivity index (χ4v) is 4.42. The van der Waals surface area contributed by atoms with E-state index in [1.54, 1.807) is 7.11 Å². The van der Waals surface area contributed by atoms with E-state index in [0.29, 0.717) is 19.4 Å². The Balaban J connectivity index is 1.87. The molecule has 1 heterocycles. The molecule has 7 nitrogen and oxygen atoms in total. The summed E-state index contributed by atoms with van der Waals surface area (Å²) in [4.78, 5) is 11.2. The van der Waals surface area contributed by atoms with Gasteiger partial charge in [0.1, 0.15) is 0 Å². The van der Waals surface area contributed by atoms with E-state index in [2.05, 4.69) is 4.74 Å². The summed E-state index contributed by atoms with van der Waals surface area (Å²) in [6.45, 7) is 5.03. The standard InChI is InChI=1S/C23H42O7/c1-23(2,27-4)29-16-18-17(11-7-5-6-8-12-21(25)26-3)19(24)15-20(18)30-22-13-9-10-14-28-22/h17-20,22,24H,5-16H2,1-4H3/t17-,18-,19+,20-,22?/m1/s1. The number of hydrogen-bond acceptors (Lipinski definition) is 7. The van der Waals surface area contributed by atoms with Crippen molar-refractivity contribution >= 4 is 5.97 Å². The first kappa shape index (κ1) is 25.5. The molecule has 1 N–H and O–H groups in total. The van der Waals surface area contributed by atoms with Crippen molar-refractivity contribution in [2.24, 2.45) is 11.8 Å². The summed E-state index contributed by atoms with van der Waals surface area (Å²) in [5.41, 5.74) is 0. The van der Waals surface area contributed by atoms with Crippen LogP contribution in [0.3, 0.4) is 0 Å². The second-order valence-corrected chi connectivity index (χ2v) is 9.05. The molecule has 0 bridgehead atoms. The van der Waals surface area contributed by atoms with Crippen LogP contribution in [-0.2, 0) is 28.5 Å². The summed E-state index contributed by atoms with van der Waals surface area (Å²) in [6.07, 6.45) is 8.38. The Labute approximate surface area is 181 Å². The van der Waals surface area contributed by atoms with Gasteiger partial charge in [-0.05, 0) is 51.9 Å². The van der Waals surface area contributed by atoms with Crippen molar-refractivity contribution in [3.05, 3.63) is 0 Å². The quantitative estimate of drug-likeness (QED) is 0.270. The molecule has 0 aromatic rings. The molecule has 0 aromatic carbocycles. The molecule has 1 unspecified atom stereocenters. The maximum Gasteiger partial charge on any atom is 0.305 e. The van der Waals surface area contributed by atoms with Gasteiger partial charge in [0, 0.05) is 32.5 Å². The normalized spacial score (nSPS) is 29.8. The van der Waals surface area contributed by atoms with Crippen LogP contribution in [0, 0.1) is 11.8 Å². The van der Waals surface area contributed by atoms with Gasteiger partial charge in [-0.1, -0.05) is 19.3 Å². The minimum absolute atomic E-state index is 0.0694. The molecule has 30 heavy (non-hydrogen) atoms. The van der Waals surface area contributed by atoms with Crippen molar-refractivity contribution in [2.75, 3.05) is 27.4 Å². The number of esters is 1. The monoisotopic (exact) mass is 430 g/mol. The highest BCUT2D eigenvalue weighted by atomic mass is 16.7. The van der Waals surface area contributed by atoms with Gasteiger partial charge in [-0.15, -0.1) is 0 Å². The largest absolute Gasteiger partial charge is 0.469 e. The lowest BCUT2D eigenvalue weighted by atomic mass is 9.89. The summed E-state index contributed by atoms with van der Waals surface area (Å²) in [5.74, 6) is -0.580. The average molecular weight is 431 g/mol. The second-order valence-electron chi connectivity index (χ2n) is 9.05. The molecule has 0 amide bonds. The van der Waals surface area contributed by atoms with Crippen LogP contribution in [0.25, 0.3) is 0 Å². The zero-order valence-corrected chi connectivity index (χ0v) is 19.3. The molecule has 1 saturated heterocycles. The van der Waals surface area contributed by atoms with Gasteiger partial charge >= 0.3 is 5.97 Å². The number of ether oxygens (including phenoxy) is 5. The lowest BCUT2D eigenvalue weighted by molar-refractivity contribution is -0.227. The zero-order valence-electron chi connectivity index (χ0n) is 19.3. The maximum absolute atomic E-state index is 11.2. The summed E-state index contributed by atoms with van der Waals surface area (Å²) >= 11 is 0. The Bertz CT molecular complexity index is 490. The van der Waals surface area contributed by atoms with Crippen LogP contribution in [0.5, 0.6) is 0 Å². The third kappa shape index (κ3) is 8.42. The minimum atomic E-state index is -0.669. The first-order valence-corrected chi connectivity index (χ1v) is 11.6. The number of unbranched alkanes of at least 4 members (excludes halogenated alkanes) is 3. The number of aliphatic hydroxyl groups is 1. The Morgan fingerprint density at radius 3 is 2.53 bits per heavy atom. The molecule has 1 aliphatic heterocycles. The third-order valence-corrected chi connectivity index (χ3v) is 6.47. The summed E-state index contributed by atoms with van der Waals surface area (Å²) < 4.78 is 28.2. The van der Waals surface area contributed by atoms with E-state index >= 15 is 0 Å². The number of methoxy groups -OCH3 is 2. The lowest BCUT2D eigenvalue weighted by Crippen LogP contribution is -2.37. The predicted octanol–water partition coefficient (Wildman–Crippen LogP) is 3.81. The van der Waals surface area contributed by atoms with E-state index in [9.17, 15) is 9.90 Å². The smallest absolute Gasteiger partial charge is 0.305 e. The molecule has 176 valence electrons. The maximum atomic E-state index is 11.2. The summed E-state index contributed by atoms with van der Waals surface area (Å²) in [5, 5.41) is 10.8. The lowest BCUT2D eigenvalue weighted by Gasteiger charge is -2.32. The number of carbonyl (C=O) groups excluding carboxylic acids is 1. The summed E-state index contributed by atoms with van der Waals surface area (Å²) in [7, 11) is 3.06. The van der Waals surface area contributed by atoms with Crippen LogP contribution in [0.2, 0.25) is 0 Å². The average Bonchev–Trinajstić information content (AvgIpc) is 3.03. The van der Waals surface area contributed by atoms with Crippen molar-refractivity contribution < 1.29 is 33.6 Å². The van der Waals surface area contributed by atoms with Crippen molar-refractivity contribution in [3.63, 3.8) is 0 Å². The predicted molar refractivity (Wildman–Crippen MR) is 113 cm³/mol. The Kier molecular flexibility index (Phi) is 11.0. The fourth-order valence-electron chi connectivity index (χ4n) is 4.42. The van der Waals surface area contributed by atoms with E-state index in [-0.39, 0.29) is 30.2 Å². The SMILES string of the molecule is COC(=O)CCCCCC[C@@H]1[C@@H](COC(C)(C)OC)[C@H](OC2CCCCO2)C[C@@H]1O. The van der Waals surface area contributed by atoms with E-state index in [1.165, 1.54) is 7.11 Å². The van der Waals surface area contributed by atoms with Gasteiger partial charge < -0.3 is 28.8 Å². The second kappa shape index (κ2) is 13.0. The van der Waals surface area contributed by atoms with Gasteiger partial charge in [-0.3, -0.25) is 4.79 Å². The van der Waals surface area contributed by atoms with Crippen LogP contribution in [0.4, 0.5) is 0 Å². The van der Waals surface area contributed by atoms with E-state index in [4.69, 9.17) is 18.9 Å². The van der Waals surface area contributed by atoms with Crippen molar-refractivity contribution in [1.82, 2.24) is 0 Å². The first-order chi connectivity index (χ1) is 14.4. The molecular formula is C23H42O7. The highest BCUT2D eigenvalue weighted by Crippen LogP contribution is 2.40. The van der Waals surface area contributed by atoms with E-state index < -0.39 is 11.9 Å². The number of hydrogen-bond donors (Lipinski definition) is 1. The molecule has 1 aliphatic carbocycles. The topological polar surface area (TPSA) is 83.5 Å². The molecule has 0 spiro atoms. The van der Waals surface area contributed by atoms with Crippen LogP contribution in [0.15, 0.2) is 0 Å². The molecule has 2 aliphatic rings. The van der Waals surface area contributed by atoms with Gasteiger partial charge in [0.2, 0.25) is 0 Å². The molecule has 2 fully saturated rings. The number of aliphatic hydroxyl groups excluding tert-OH is 1. The highest BCUT2D eigenvalue weighted by Gasteiger charge is 2.44. The van der Waals surface area contributed by atoms with Crippen LogP contribution in [-0.4, -0.2) is 62.8 Å². The number of rotatable bonds is 13.